The molecule has 2 saturated heterocycles. The van der Waals surface area contributed by atoms with Crippen molar-refractivity contribution in [1.29, 1.82) is 0 Å². The summed E-state index contributed by atoms with van der Waals surface area (Å²) in [6, 6.07) is 7.81. The number of hydrogen-bond acceptors (Lipinski definition) is 3. The van der Waals surface area contributed by atoms with E-state index in [0.29, 0.717) is 11.8 Å². The third-order valence-corrected chi connectivity index (χ3v) is 7.52. The Kier molecular flexibility index (Phi) is 4.46. The summed E-state index contributed by atoms with van der Waals surface area (Å²) in [5, 5.41) is 3.61. The number of anilines is 1. The van der Waals surface area contributed by atoms with Gasteiger partial charge in [-0.1, -0.05) is 12.1 Å². The van der Waals surface area contributed by atoms with E-state index in [1.54, 1.807) is 0 Å². The molecule has 0 aliphatic carbocycles. The zero-order valence-electron chi connectivity index (χ0n) is 14.1. The standard InChI is InChI=1S/C19H28N2OS/c1-21-8-2-3-17(21)11-16-13-20-19-5-4-15(12-18(16)19)14-6-9-23(22)10-7-14/h4-5,12,14,16-17,20H,2-3,6-11,13H2,1H3/t14?,16?,17-,23?/m1/s1. The molecular weight excluding hydrogens is 304 g/mol. The highest BCUT2D eigenvalue weighted by Gasteiger charge is 2.30. The molecular formula is C19H28N2OS. The van der Waals surface area contributed by atoms with Gasteiger partial charge >= 0.3 is 0 Å². The highest BCUT2D eigenvalue weighted by atomic mass is 32.2. The van der Waals surface area contributed by atoms with Crippen molar-refractivity contribution in [1.82, 2.24) is 4.90 Å². The second kappa shape index (κ2) is 6.56. The van der Waals surface area contributed by atoms with Gasteiger partial charge in [-0.2, -0.15) is 0 Å². The van der Waals surface area contributed by atoms with E-state index >= 15 is 0 Å². The molecule has 3 aliphatic rings. The van der Waals surface area contributed by atoms with Gasteiger partial charge in [0.15, 0.2) is 0 Å². The molecule has 2 atom stereocenters. The molecule has 126 valence electrons. The summed E-state index contributed by atoms with van der Waals surface area (Å²) in [5.41, 5.74) is 4.36. The smallest absolute Gasteiger partial charge is 0.0376 e. The molecule has 1 aromatic carbocycles. The SMILES string of the molecule is CN1CCC[C@@H]1CC1CNc2ccc(C3CCS(=O)CC3)cc21. The summed E-state index contributed by atoms with van der Waals surface area (Å²) in [4.78, 5) is 2.54. The maximum atomic E-state index is 11.6. The van der Waals surface area contributed by atoms with E-state index in [0.717, 1.165) is 36.9 Å². The van der Waals surface area contributed by atoms with E-state index in [-0.39, 0.29) is 0 Å². The first kappa shape index (κ1) is 15.6. The van der Waals surface area contributed by atoms with E-state index < -0.39 is 10.8 Å². The van der Waals surface area contributed by atoms with Gasteiger partial charge in [-0.05, 0) is 68.8 Å². The molecule has 23 heavy (non-hydrogen) atoms. The van der Waals surface area contributed by atoms with Crippen molar-refractivity contribution < 1.29 is 4.21 Å². The van der Waals surface area contributed by atoms with E-state index in [9.17, 15) is 4.21 Å². The van der Waals surface area contributed by atoms with Crippen LogP contribution in [0.3, 0.4) is 0 Å². The third-order valence-electron chi connectivity index (χ3n) is 6.14. The highest BCUT2D eigenvalue weighted by molar-refractivity contribution is 7.85. The molecule has 1 aromatic rings. The largest absolute Gasteiger partial charge is 0.384 e. The fourth-order valence-corrected chi connectivity index (χ4v) is 5.92. The lowest BCUT2D eigenvalue weighted by molar-refractivity contribution is 0.285. The molecule has 3 aliphatic heterocycles. The minimum absolute atomic E-state index is 0.566. The Bertz CT molecular complexity index is 593. The predicted octanol–water partition coefficient (Wildman–Crippen LogP) is 3.31. The van der Waals surface area contributed by atoms with Gasteiger partial charge in [0.25, 0.3) is 0 Å². The second-order valence-electron chi connectivity index (χ2n) is 7.56. The average Bonchev–Trinajstić information content (AvgIpc) is 3.15. The van der Waals surface area contributed by atoms with Crippen molar-refractivity contribution in [3.8, 4) is 0 Å². The summed E-state index contributed by atoms with van der Waals surface area (Å²) in [6.07, 6.45) is 6.18. The van der Waals surface area contributed by atoms with E-state index in [4.69, 9.17) is 0 Å². The first-order chi connectivity index (χ1) is 11.2. The average molecular weight is 333 g/mol. The van der Waals surface area contributed by atoms with Crippen molar-refractivity contribution in [3.63, 3.8) is 0 Å². The van der Waals surface area contributed by atoms with Gasteiger partial charge in [0, 0.05) is 46.5 Å². The van der Waals surface area contributed by atoms with Crippen molar-refractivity contribution in [2.75, 3.05) is 37.0 Å². The lowest BCUT2D eigenvalue weighted by atomic mass is 9.87. The molecule has 0 bridgehead atoms. The maximum absolute atomic E-state index is 11.6. The molecule has 1 unspecified atom stereocenters. The van der Waals surface area contributed by atoms with Crippen molar-refractivity contribution in [2.45, 2.75) is 50.0 Å². The first-order valence-corrected chi connectivity index (χ1v) is 10.6. The van der Waals surface area contributed by atoms with Crippen LogP contribution in [0.1, 0.15) is 55.1 Å². The second-order valence-corrected chi connectivity index (χ2v) is 9.26. The van der Waals surface area contributed by atoms with Crippen LogP contribution in [0.5, 0.6) is 0 Å². The fraction of sp³-hybridized carbons (Fsp3) is 0.684. The van der Waals surface area contributed by atoms with Crippen LogP contribution in [0.15, 0.2) is 18.2 Å². The summed E-state index contributed by atoms with van der Waals surface area (Å²) < 4.78 is 11.6. The Morgan fingerprint density at radius 2 is 2.09 bits per heavy atom. The molecule has 0 spiro atoms. The van der Waals surface area contributed by atoms with Crippen LogP contribution in [0, 0.1) is 0 Å². The van der Waals surface area contributed by atoms with Crippen LogP contribution in [0.25, 0.3) is 0 Å². The van der Waals surface area contributed by atoms with Crippen molar-refractivity contribution in [2.24, 2.45) is 0 Å². The van der Waals surface area contributed by atoms with Gasteiger partial charge in [0.1, 0.15) is 0 Å². The first-order valence-electron chi connectivity index (χ1n) is 9.13. The van der Waals surface area contributed by atoms with Gasteiger partial charge in [-0.3, -0.25) is 4.21 Å². The highest BCUT2D eigenvalue weighted by Crippen LogP contribution is 2.39. The molecule has 2 fully saturated rings. The Labute approximate surface area is 142 Å². The zero-order valence-corrected chi connectivity index (χ0v) is 14.9. The van der Waals surface area contributed by atoms with Crippen LogP contribution in [-0.2, 0) is 10.8 Å². The van der Waals surface area contributed by atoms with Crippen molar-refractivity contribution in [3.05, 3.63) is 29.3 Å². The topological polar surface area (TPSA) is 32.3 Å². The van der Waals surface area contributed by atoms with Crippen molar-refractivity contribution >= 4 is 16.5 Å². The van der Waals surface area contributed by atoms with Gasteiger partial charge < -0.3 is 10.2 Å². The lowest BCUT2D eigenvalue weighted by Crippen LogP contribution is -2.27. The summed E-state index contributed by atoms with van der Waals surface area (Å²) in [7, 11) is 1.71. The Morgan fingerprint density at radius 1 is 1.26 bits per heavy atom. The van der Waals surface area contributed by atoms with Gasteiger partial charge in [-0.25, -0.2) is 0 Å². The van der Waals surface area contributed by atoms with Gasteiger partial charge in [0.2, 0.25) is 0 Å². The summed E-state index contributed by atoms with van der Waals surface area (Å²) in [6.45, 7) is 2.36. The van der Waals surface area contributed by atoms with Crippen LogP contribution in [-0.4, -0.2) is 46.8 Å². The maximum Gasteiger partial charge on any atom is 0.0376 e. The van der Waals surface area contributed by atoms with Gasteiger partial charge in [0.05, 0.1) is 0 Å². The molecule has 0 aromatic heterocycles. The summed E-state index contributed by atoms with van der Waals surface area (Å²) in [5.74, 6) is 3.05. The molecule has 3 heterocycles. The molecule has 4 rings (SSSR count). The number of nitrogens with one attached hydrogen (secondary N) is 1. The molecule has 3 nitrogen and oxygen atoms in total. The lowest BCUT2D eigenvalue weighted by Gasteiger charge is -2.24. The van der Waals surface area contributed by atoms with Gasteiger partial charge in [-0.15, -0.1) is 0 Å². The van der Waals surface area contributed by atoms with E-state index in [1.807, 2.05) is 0 Å². The third kappa shape index (κ3) is 3.20. The Morgan fingerprint density at radius 3 is 2.83 bits per heavy atom. The van der Waals surface area contributed by atoms with Crippen LogP contribution < -0.4 is 5.32 Å². The summed E-state index contributed by atoms with van der Waals surface area (Å²) >= 11 is 0. The Hall–Kier alpha value is -0.870. The predicted molar refractivity (Wildman–Crippen MR) is 97.8 cm³/mol. The fourth-order valence-electron chi connectivity index (χ4n) is 4.62. The number of nitrogens with zero attached hydrogens (tertiary/aromatic N) is 1. The minimum Gasteiger partial charge on any atom is -0.384 e. The van der Waals surface area contributed by atoms with Crippen LogP contribution in [0.2, 0.25) is 0 Å². The normalized spacial score (nSPS) is 34.3. The number of likely N-dealkylation sites (tertiary alicyclic amines) is 1. The minimum atomic E-state index is -0.566. The van der Waals surface area contributed by atoms with Crippen LogP contribution >= 0.6 is 0 Å². The zero-order chi connectivity index (χ0) is 15.8. The molecule has 1 N–H and O–H groups in total. The number of hydrogen-bond donors (Lipinski definition) is 1. The van der Waals surface area contributed by atoms with E-state index in [1.165, 1.54) is 42.6 Å². The number of fused-ring (bicyclic) bond motifs is 1. The quantitative estimate of drug-likeness (QED) is 0.922. The monoisotopic (exact) mass is 332 g/mol. The number of rotatable bonds is 3. The van der Waals surface area contributed by atoms with Crippen LogP contribution in [0.4, 0.5) is 5.69 Å². The Balaban J connectivity index is 1.51. The number of benzene rings is 1. The molecule has 0 amide bonds. The molecule has 0 saturated carbocycles. The van der Waals surface area contributed by atoms with E-state index in [2.05, 4.69) is 35.5 Å². The molecule has 0 radical (unpaired) electrons. The molecule has 4 heteroatoms.